The minimum absolute atomic E-state index is 1.01. The number of imidazole rings is 1. The number of aryl methyl sites for hydroxylation is 2. The molecule has 2 aromatic rings. The van der Waals surface area contributed by atoms with E-state index in [1.54, 1.807) is 0 Å². The van der Waals surface area contributed by atoms with Gasteiger partial charge >= 0.3 is 91.3 Å². The molecule has 0 saturated carbocycles. The van der Waals surface area contributed by atoms with Crippen LogP contribution in [0.4, 0.5) is 0 Å². The fourth-order valence-electron chi connectivity index (χ4n) is 1.88. The van der Waals surface area contributed by atoms with Crippen molar-refractivity contribution in [2.75, 3.05) is 0 Å². The van der Waals surface area contributed by atoms with Crippen molar-refractivity contribution in [3.05, 3.63) is 28.6 Å². The average Bonchev–Trinajstić information content (AvgIpc) is 2.49. The maximum atomic E-state index is 3.16. The predicted molar refractivity (Wildman–Crippen MR) is 60.3 cm³/mol. The Morgan fingerprint density at radius 3 is 1.79 bits per heavy atom. The van der Waals surface area contributed by atoms with E-state index in [4.69, 9.17) is 0 Å². The van der Waals surface area contributed by atoms with Gasteiger partial charge in [-0.3, -0.25) is 0 Å². The Balaban J connectivity index is 2.92. The van der Waals surface area contributed by atoms with Crippen molar-refractivity contribution < 1.29 is 0 Å². The monoisotopic (exact) mass is 254 g/mol. The SMILES string of the molecule is CCn1c(=[Se])n(CC)c2ccccc21. The first-order valence-electron chi connectivity index (χ1n) is 4.97. The third-order valence-electron chi connectivity index (χ3n) is 2.56. The molecule has 14 heavy (non-hydrogen) atoms. The van der Waals surface area contributed by atoms with Gasteiger partial charge in [0, 0.05) is 0 Å². The number of benzene rings is 1. The standard InChI is InChI=1S/C11H14N2Se/c1-3-12-9-7-5-6-8-10(9)13(4-2)11(12)14/h5-8H,3-4H2,1-2H3. The van der Waals surface area contributed by atoms with Crippen LogP contribution in [0.1, 0.15) is 13.8 Å². The summed E-state index contributed by atoms with van der Waals surface area (Å²) in [5.74, 6) is 0. The van der Waals surface area contributed by atoms with Crippen molar-refractivity contribution in [1.29, 1.82) is 0 Å². The van der Waals surface area contributed by atoms with E-state index in [1.165, 1.54) is 15.4 Å². The molecule has 1 aromatic heterocycles. The Kier molecular flexibility index (Phi) is 2.62. The molecule has 0 saturated heterocycles. The van der Waals surface area contributed by atoms with Crippen LogP contribution >= 0.6 is 0 Å². The Bertz CT molecular complexity index is 463. The molecule has 0 aliphatic rings. The molecule has 0 aliphatic heterocycles. The van der Waals surface area contributed by atoms with Gasteiger partial charge in [0.05, 0.1) is 0 Å². The van der Waals surface area contributed by atoms with Crippen LogP contribution in [0.2, 0.25) is 0 Å². The topological polar surface area (TPSA) is 9.86 Å². The molecule has 0 amide bonds. The first-order chi connectivity index (χ1) is 6.79. The van der Waals surface area contributed by atoms with Crippen molar-refractivity contribution in [2.24, 2.45) is 0 Å². The molecule has 0 aliphatic carbocycles. The Morgan fingerprint density at radius 2 is 1.43 bits per heavy atom. The fraction of sp³-hybridized carbons (Fsp3) is 0.364. The third kappa shape index (κ3) is 1.28. The summed E-state index contributed by atoms with van der Waals surface area (Å²) in [5.41, 5.74) is 2.62. The van der Waals surface area contributed by atoms with E-state index in [-0.39, 0.29) is 0 Å². The van der Waals surface area contributed by atoms with Gasteiger partial charge in [0.25, 0.3) is 0 Å². The fourth-order valence-corrected chi connectivity index (χ4v) is 2.84. The van der Waals surface area contributed by atoms with E-state index in [2.05, 4.69) is 62.8 Å². The van der Waals surface area contributed by atoms with Gasteiger partial charge in [-0.05, 0) is 0 Å². The molecule has 2 nitrogen and oxygen atoms in total. The van der Waals surface area contributed by atoms with Crippen LogP contribution in [0.25, 0.3) is 11.0 Å². The van der Waals surface area contributed by atoms with Crippen LogP contribution in [0, 0.1) is 4.32 Å². The van der Waals surface area contributed by atoms with Crippen molar-refractivity contribution in [2.45, 2.75) is 26.9 Å². The van der Waals surface area contributed by atoms with Crippen LogP contribution in [-0.4, -0.2) is 24.7 Å². The number of para-hydroxylation sites is 2. The van der Waals surface area contributed by atoms with E-state index >= 15 is 0 Å². The molecule has 0 fully saturated rings. The molecule has 0 N–H and O–H groups in total. The first-order valence-corrected chi connectivity index (χ1v) is 5.83. The zero-order valence-corrected chi connectivity index (χ0v) is 10.2. The number of aromatic nitrogens is 2. The second kappa shape index (κ2) is 3.76. The molecule has 0 spiro atoms. The van der Waals surface area contributed by atoms with Gasteiger partial charge < -0.3 is 0 Å². The van der Waals surface area contributed by atoms with Gasteiger partial charge in [0.15, 0.2) is 0 Å². The molecule has 1 heterocycles. The quantitative estimate of drug-likeness (QED) is 0.726. The molecule has 0 atom stereocenters. The predicted octanol–water partition coefficient (Wildman–Crippen LogP) is 2.18. The number of fused-ring (bicyclic) bond motifs is 1. The summed E-state index contributed by atoms with van der Waals surface area (Å²) < 4.78 is 5.83. The summed E-state index contributed by atoms with van der Waals surface area (Å²) in [4.78, 5) is 0. The van der Waals surface area contributed by atoms with Crippen molar-refractivity contribution >= 4 is 26.6 Å². The minimum atomic E-state index is 1.01. The second-order valence-corrected chi connectivity index (χ2v) is 4.03. The summed E-state index contributed by atoms with van der Waals surface area (Å²) in [6, 6.07) is 8.53. The van der Waals surface area contributed by atoms with E-state index in [9.17, 15) is 0 Å². The summed E-state index contributed by atoms with van der Waals surface area (Å²) in [7, 11) is 0. The summed E-state index contributed by atoms with van der Waals surface area (Å²) in [5, 5.41) is 0. The van der Waals surface area contributed by atoms with Gasteiger partial charge in [0.1, 0.15) is 0 Å². The van der Waals surface area contributed by atoms with Gasteiger partial charge in [-0.2, -0.15) is 0 Å². The Labute approximate surface area is 91.5 Å². The van der Waals surface area contributed by atoms with Crippen LogP contribution in [0.5, 0.6) is 0 Å². The third-order valence-corrected chi connectivity index (χ3v) is 3.48. The zero-order valence-electron chi connectivity index (χ0n) is 8.53. The van der Waals surface area contributed by atoms with Gasteiger partial charge in [0.2, 0.25) is 0 Å². The van der Waals surface area contributed by atoms with Crippen molar-refractivity contribution in [1.82, 2.24) is 9.13 Å². The molecule has 0 radical (unpaired) electrons. The molecule has 1 aromatic carbocycles. The van der Waals surface area contributed by atoms with Crippen LogP contribution in [0.3, 0.4) is 0 Å². The molecule has 2 rings (SSSR count). The second-order valence-electron chi connectivity index (χ2n) is 3.26. The van der Waals surface area contributed by atoms with Crippen molar-refractivity contribution in [3.8, 4) is 0 Å². The van der Waals surface area contributed by atoms with Crippen LogP contribution in [0.15, 0.2) is 24.3 Å². The summed E-state index contributed by atoms with van der Waals surface area (Å²) in [6.45, 7) is 6.37. The van der Waals surface area contributed by atoms with E-state index in [1.807, 2.05) is 0 Å². The summed E-state index contributed by atoms with van der Waals surface area (Å²) in [6.07, 6.45) is 0. The number of hydrogen-bond acceptors (Lipinski definition) is 0. The molecule has 0 bridgehead atoms. The maximum absolute atomic E-state index is 3.16. The normalized spacial score (nSPS) is 11.0. The Morgan fingerprint density at radius 1 is 1.00 bits per heavy atom. The van der Waals surface area contributed by atoms with Crippen molar-refractivity contribution in [3.63, 3.8) is 0 Å². The average molecular weight is 253 g/mol. The first kappa shape index (κ1) is 9.75. The van der Waals surface area contributed by atoms with Crippen LogP contribution < -0.4 is 0 Å². The van der Waals surface area contributed by atoms with E-state index in [0.717, 1.165) is 13.1 Å². The van der Waals surface area contributed by atoms with Gasteiger partial charge in [-0.25, -0.2) is 0 Å². The molecular weight excluding hydrogens is 239 g/mol. The van der Waals surface area contributed by atoms with Crippen LogP contribution in [-0.2, 0) is 13.1 Å². The number of rotatable bonds is 2. The Hall–Kier alpha value is -0.791. The van der Waals surface area contributed by atoms with Gasteiger partial charge in [-0.1, -0.05) is 0 Å². The molecule has 3 heteroatoms. The van der Waals surface area contributed by atoms with E-state index in [0.29, 0.717) is 0 Å². The summed E-state index contributed by atoms with van der Waals surface area (Å²) >= 11 is 3.16. The van der Waals surface area contributed by atoms with Gasteiger partial charge in [-0.15, -0.1) is 0 Å². The molecule has 0 unspecified atom stereocenters. The number of hydrogen-bond donors (Lipinski definition) is 0. The molecular formula is C11H14N2Se. The zero-order chi connectivity index (χ0) is 10.1. The molecule has 74 valence electrons. The van der Waals surface area contributed by atoms with E-state index < -0.39 is 0 Å². The number of nitrogens with zero attached hydrogens (tertiary/aromatic N) is 2.